The third kappa shape index (κ3) is 66.9. The molecule has 6 heteroatoms. The number of hydrogen-bond donors (Lipinski definition) is 0. The first-order valence-electron chi connectivity index (χ1n) is 0. The van der Waals surface area contributed by atoms with Gasteiger partial charge in [0.2, 0.25) is 0 Å². The van der Waals surface area contributed by atoms with Gasteiger partial charge in [-0.15, -0.1) is 0 Å². The smallest absolute Gasteiger partial charge is 0.412 e. The molecule has 4 nitrogen and oxygen atoms in total. The van der Waals surface area contributed by atoms with Gasteiger partial charge in [-0.2, -0.15) is 0 Å². The van der Waals surface area contributed by atoms with Crippen molar-refractivity contribution in [1.82, 2.24) is 0 Å². The molecule has 8 N–H and O–H groups in total. The monoisotopic (exact) mass is 320 g/mol. The first-order chi connectivity index (χ1) is 0. The second-order valence-electron chi connectivity index (χ2n) is 0. The van der Waals surface area contributed by atoms with Gasteiger partial charge in [0, 0.05) is 21.1 Å². The van der Waals surface area contributed by atoms with Crippen molar-refractivity contribution >= 4 is 0 Å². The summed E-state index contributed by atoms with van der Waals surface area (Å²) < 4.78 is 0. The molecule has 0 radical (unpaired) electrons. The summed E-state index contributed by atoms with van der Waals surface area (Å²) in [6.07, 6.45) is 0. The molecule has 0 aliphatic carbocycles. The fourth-order valence-electron chi connectivity index (χ4n) is 0. The maximum atomic E-state index is 0. The SMILES string of the molecule is O.O.O.O.[W].[Zn+2]. The van der Waals surface area contributed by atoms with E-state index in [0.717, 1.165) is 0 Å². The van der Waals surface area contributed by atoms with Crippen LogP contribution >= 0.6 is 0 Å². The van der Waals surface area contributed by atoms with E-state index >= 15 is 0 Å². The van der Waals surface area contributed by atoms with Crippen LogP contribution in [0.3, 0.4) is 0 Å². The molecular weight excluding hydrogens is 313 g/mol. The Labute approximate surface area is 62.6 Å². The second kappa shape index (κ2) is 123. The van der Waals surface area contributed by atoms with Crippen LogP contribution in [-0.4, -0.2) is 21.9 Å². The van der Waals surface area contributed by atoms with Gasteiger partial charge < -0.3 is 21.9 Å². The predicted octanol–water partition coefficient (Wildman–Crippen LogP) is -3.30. The summed E-state index contributed by atoms with van der Waals surface area (Å²) >= 11 is 0. The van der Waals surface area contributed by atoms with E-state index in [2.05, 4.69) is 0 Å². The standard InChI is InChI=1S/4H2O.W.Zn/h4*1H2;;/q;;;;;+2. The molecule has 0 aliphatic rings. The summed E-state index contributed by atoms with van der Waals surface area (Å²) in [5.41, 5.74) is 0. The van der Waals surface area contributed by atoms with Gasteiger partial charge in [0.05, 0.1) is 0 Å². The van der Waals surface area contributed by atoms with E-state index in [0.29, 0.717) is 0 Å². The van der Waals surface area contributed by atoms with Crippen LogP contribution in [0.1, 0.15) is 0 Å². The summed E-state index contributed by atoms with van der Waals surface area (Å²) in [4.78, 5) is 0. The molecule has 0 aromatic heterocycles. The van der Waals surface area contributed by atoms with Crippen molar-refractivity contribution in [1.29, 1.82) is 0 Å². The van der Waals surface area contributed by atoms with Crippen molar-refractivity contribution in [2.75, 3.05) is 0 Å². The van der Waals surface area contributed by atoms with Crippen LogP contribution in [0.4, 0.5) is 0 Å². The van der Waals surface area contributed by atoms with Gasteiger partial charge in [-0.3, -0.25) is 0 Å². The minimum Gasteiger partial charge on any atom is -0.412 e. The van der Waals surface area contributed by atoms with Gasteiger partial charge >= 0.3 is 19.5 Å². The average molecular weight is 321 g/mol. The Morgan fingerprint density at radius 1 is 0.500 bits per heavy atom. The van der Waals surface area contributed by atoms with Crippen LogP contribution in [0.25, 0.3) is 0 Å². The van der Waals surface area contributed by atoms with E-state index in [1.807, 2.05) is 0 Å². The van der Waals surface area contributed by atoms with Crippen LogP contribution in [0, 0.1) is 0 Å². The van der Waals surface area contributed by atoms with E-state index in [-0.39, 0.29) is 62.4 Å². The zero-order chi connectivity index (χ0) is 0. The summed E-state index contributed by atoms with van der Waals surface area (Å²) in [5, 5.41) is 0. The topological polar surface area (TPSA) is 126 Å². The van der Waals surface area contributed by atoms with Gasteiger partial charge in [0.1, 0.15) is 0 Å². The Kier molecular flexibility index (Phi) is 4190. The van der Waals surface area contributed by atoms with Crippen LogP contribution in [0.15, 0.2) is 0 Å². The van der Waals surface area contributed by atoms with E-state index in [1.54, 1.807) is 0 Å². The van der Waals surface area contributed by atoms with Gasteiger partial charge in [-0.05, 0) is 0 Å². The zero-order valence-corrected chi connectivity index (χ0v) is 9.02. The van der Waals surface area contributed by atoms with Gasteiger partial charge in [0.15, 0.2) is 0 Å². The van der Waals surface area contributed by atoms with Gasteiger partial charge in [-0.25, -0.2) is 0 Å². The fourth-order valence-corrected chi connectivity index (χ4v) is 0. The number of hydrogen-bond acceptors (Lipinski definition) is 0. The fraction of sp³-hybridized carbons (Fsp3) is 0. The van der Waals surface area contributed by atoms with E-state index < -0.39 is 0 Å². The maximum Gasteiger partial charge on any atom is 2.00 e. The molecule has 0 saturated heterocycles. The first kappa shape index (κ1) is 204. The van der Waals surface area contributed by atoms with Gasteiger partial charge in [-0.1, -0.05) is 0 Å². The Balaban J connectivity index is 0. The molecule has 38 valence electrons. The van der Waals surface area contributed by atoms with Crippen molar-refractivity contribution in [2.45, 2.75) is 0 Å². The summed E-state index contributed by atoms with van der Waals surface area (Å²) in [6, 6.07) is 0. The number of rotatable bonds is 0. The van der Waals surface area contributed by atoms with E-state index in [1.165, 1.54) is 0 Å². The van der Waals surface area contributed by atoms with Crippen molar-refractivity contribution in [3.63, 3.8) is 0 Å². The van der Waals surface area contributed by atoms with Crippen molar-refractivity contribution in [3.8, 4) is 0 Å². The van der Waals surface area contributed by atoms with Crippen molar-refractivity contribution < 1.29 is 62.4 Å². The zero-order valence-electron chi connectivity index (χ0n) is 3.12. The summed E-state index contributed by atoms with van der Waals surface area (Å²) in [5.74, 6) is 0. The molecule has 6 heavy (non-hydrogen) atoms. The molecule has 0 fully saturated rings. The molecule has 0 rings (SSSR count). The Morgan fingerprint density at radius 2 is 0.500 bits per heavy atom. The molecule has 0 unspecified atom stereocenters. The quantitative estimate of drug-likeness (QED) is 0.414. The van der Waals surface area contributed by atoms with Crippen LogP contribution in [0.5, 0.6) is 0 Å². The molecular formula is H8O4WZn+2. The normalized spacial score (nSPS) is 0. The predicted molar refractivity (Wildman–Crippen MR) is 14.5 cm³/mol. The minimum atomic E-state index is 0. The molecule has 0 spiro atoms. The largest absolute Gasteiger partial charge is 2.00 e. The van der Waals surface area contributed by atoms with Crippen LogP contribution in [-0.2, 0) is 40.5 Å². The average Bonchev–Trinajstić information content (AvgIpc) is 0. The Hall–Kier alpha value is 1.15. The molecule has 0 heterocycles. The van der Waals surface area contributed by atoms with E-state index in [4.69, 9.17) is 0 Å². The molecule has 0 amide bonds. The molecule has 0 aromatic rings. The third-order valence-electron chi connectivity index (χ3n) is 0. The van der Waals surface area contributed by atoms with Crippen LogP contribution < -0.4 is 0 Å². The Bertz CT molecular complexity index is 7.51. The van der Waals surface area contributed by atoms with Crippen molar-refractivity contribution in [2.24, 2.45) is 0 Å². The second-order valence-corrected chi connectivity index (χ2v) is 0. The third-order valence-corrected chi connectivity index (χ3v) is 0. The maximum absolute atomic E-state index is 0. The van der Waals surface area contributed by atoms with Gasteiger partial charge in [0.25, 0.3) is 0 Å². The van der Waals surface area contributed by atoms with Crippen molar-refractivity contribution in [3.05, 3.63) is 0 Å². The molecule has 0 aromatic carbocycles. The molecule has 0 bridgehead atoms. The Morgan fingerprint density at radius 3 is 0.500 bits per heavy atom. The molecule has 0 saturated carbocycles. The molecule has 0 atom stereocenters. The minimum absolute atomic E-state index is 0. The van der Waals surface area contributed by atoms with E-state index in [9.17, 15) is 0 Å². The summed E-state index contributed by atoms with van der Waals surface area (Å²) in [7, 11) is 0. The summed E-state index contributed by atoms with van der Waals surface area (Å²) in [6.45, 7) is 0. The molecule has 0 aliphatic heterocycles. The van der Waals surface area contributed by atoms with Crippen LogP contribution in [0.2, 0.25) is 0 Å². The first-order valence-corrected chi connectivity index (χ1v) is 0.